The van der Waals surface area contributed by atoms with E-state index >= 15 is 0 Å². The van der Waals surface area contributed by atoms with Crippen molar-refractivity contribution in [2.75, 3.05) is 9.80 Å². The van der Waals surface area contributed by atoms with Crippen LogP contribution in [0, 0.1) is 24.3 Å². The third-order valence-electron chi connectivity index (χ3n) is 13.0. The van der Waals surface area contributed by atoms with Crippen LogP contribution in [0.25, 0.3) is 45.0 Å². The Balaban J connectivity index is 0.00000400. The molecule has 5 aromatic carbocycles. The van der Waals surface area contributed by atoms with Gasteiger partial charge in [-0.2, -0.15) is 0 Å². The van der Waals surface area contributed by atoms with Crippen molar-refractivity contribution in [1.29, 1.82) is 0 Å². The predicted molar refractivity (Wildman–Crippen MR) is 299 cm³/mol. The van der Waals surface area contributed by atoms with E-state index in [0.717, 1.165) is 101 Å². The molecule has 0 radical (unpaired) electrons. The van der Waals surface area contributed by atoms with Gasteiger partial charge in [0, 0.05) is 36.2 Å². The molecule has 0 aliphatic heterocycles. The summed E-state index contributed by atoms with van der Waals surface area (Å²) in [7, 11) is 0. The molecule has 0 atom stereocenters. The maximum atomic E-state index is 4.82. The number of rotatable bonds is 10. The van der Waals surface area contributed by atoms with Crippen molar-refractivity contribution < 1.29 is 42.1 Å². The second-order valence-electron chi connectivity index (χ2n) is 22.7. The van der Waals surface area contributed by atoms with Crippen LogP contribution in [0.5, 0.6) is 0 Å². The van der Waals surface area contributed by atoms with Gasteiger partial charge in [0.1, 0.15) is 0 Å². The third kappa shape index (κ3) is 12.6. The molecule has 0 aliphatic carbocycles. The minimum atomic E-state index is -0.183. The third-order valence-corrected chi connectivity index (χ3v) is 13.0. The molecule has 6 nitrogen and oxygen atoms in total. The van der Waals surface area contributed by atoms with E-state index in [-0.39, 0.29) is 63.8 Å². The minimum Gasteiger partial charge on any atom is -0.346 e. The van der Waals surface area contributed by atoms with Gasteiger partial charge in [0.25, 0.3) is 0 Å². The van der Waals surface area contributed by atoms with E-state index in [0.29, 0.717) is 0 Å². The summed E-state index contributed by atoms with van der Waals surface area (Å²) in [6.07, 6.45) is 7.37. The number of aromatic nitrogens is 4. The molecular formula is C66H64N6Pt2. The fourth-order valence-corrected chi connectivity index (χ4v) is 8.64. The van der Waals surface area contributed by atoms with Gasteiger partial charge in [-0.3, -0.25) is 0 Å². The van der Waals surface area contributed by atoms with Gasteiger partial charge in [-0.1, -0.05) is 132 Å². The second kappa shape index (κ2) is 22.3. The smallest absolute Gasteiger partial charge is 0.346 e. The quantitative estimate of drug-likeness (QED) is 0.127. The van der Waals surface area contributed by atoms with Crippen molar-refractivity contribution in [1.82, 2.24) is 19.9 Å². The summed E-state index contributed by atoms with van der Waals surface area (Å²) in [6, 6.07) is 66.4. The summed E-state index contributed by atoms with van der Waals surface area (Å²) in [5, 5.41) is 0. The van der Waals surface area contributed by atoms with Crippen molar-refractivity contribution in [2.24, 2.45) is 0 Å². The molecule has 0 unspecified atom stereocenters. The van der Waals surface area contributed by atoms with Gasteiger partial charge in [0.05, 0.1) is 0 Å². The number of hydrogen-bond donors (Lipinski definition) is 0. The van der Waals surface area contributed by atoms with E-state index in [2.05, 4.69) is 214 Å². The Labute approximate surface area is 469 Å². The molecule has 74 heavy (non-hydrogen) atoms. The van der Waals surface area contributed by atoms with Crippen LogP contribution in [-0.2, 0) is 63.8 Å². The van der Waals surface area contributed by atoms with E-state index in [1.807, 2.05) is 73.3 Å². The fourth-order valence-electron chi connectivity index (χ4n) is 8.64. The number of hydrogen-bond acceptors (Lipinski definition) is 6. The number of anilines is 6. The largest absolute Gasteiger partial charge is 2.00 e. The number of pyridine rings is 4. The van der Waals surface area contributed by atoms with Gasteiger partial charge in [0.15, 0.2) is 0 Å². The van der Waals surface area contributed by atoms with Gasteiger partial charge in [-0.15, -0.1) is 117 Å². The Kier molecular flexibility index (Phi) is 16.7. The van der Waals surface area contributed by atoms with Gasteiger partial charge in [0.2, 0.25) is 0 Å². The Morgan fingerprint density at radius 1 is 0.297 bits per heavy atom. The Morgan fingerprint density at radius 3 is 0.689 bits per heavy atom. The summed E-state index contributed by atoms with van der Waals surface area (Å²) < 4.78 is 0. The zero-order valence-corrected chi connectivity index (χ0v) is 49.0. The minimum absolute atomic E-state index is 0. The fraction of sp³-hybridized carbons (Fsp3) is 0.242. The Morgan fingerprint density at radius 2 is 0.514 bits per heavy atom. The van der Waals surface area contributed by atoms with Crippen LogP contribution in [0.4, 0.5) is 34.1 Å². The predicted octanol–water partition coefficient (Wildman–Crippen LogP) is 17.3. The number of nitrogens with zero attached hydrogens (tertiary/aromatic N) is 6. The summed E-state index contributed by atoms with van der Waals surface area (Å²) in [6.45, 7) is 27.0. The molecule has 4 heterocycles. The second-order valence-corrected chi connectivity index (χ2v) is 22.7. The first-order chi connectivity index (χ1) is 34.2. The van der Waals surface area contributed by atoms with E-state index in [1.165, 1.54) is 0 Å². The molecule has 0 saturated heterocycles. The summed E-state index contributed by atoms with van der Waals surface area (Å²) in [4.78, 5) is 23.8. The van der Waals surface area contributed by atoms with Crippen LogP contribution in [0.2, 0.25) is 0 Å². The first-order valence-corrected chi connectivity index (χ1v) is 24.9. The number of benzene rings is 5. The molecule has 0 amide bonds. The molecule has 9 aromatic rings. The van der Waals surface area contributed by atoms with Crippen molar-refractivity contribution in [3.63, 3.8) is 0 Å². The topological polar surface area (TPSA) is 58.0 Å². The molecule has 9 rings (SSSR count). The summed E-state index contributed by atoms with van der Waals surface area (Å²) in [5.74, 6) is 0. The van der Waals surface area contributed by atoms with Crippen LogP contribution in [0.3, 0.4) is 0 Å². The zero-order valence-electron chi connectivity index (χ0n) is 44.5. The zero-order chi connectivity index (χ0) is 51.0. The molecule has 0 fully saturated rings. The van der Waals surface area contributed by atoms with Crippen molar-refractivity contribution >= 4 is 34.1 Å². The van der Waals surface area contributed by atoms with E-state index in [1.54, 1.807) is 0 Å². The van der Waals surface area contributed by atoms with Crippen molar-refractivity contribution in [3.8, 4) is 45.0 Å². The van der Waals surface area contributed by atoms with Gasteiger partial charge in [-0.25, -0.2) is 0 Å². The first kappa shape index (κ1) is 55.4. The molecule has 4 aromatic heterocycles. The molecule has 0 spiro atoms. The monoisotopic (exact) mass is 1330 g/mol. The molecule has 8 heteroatoms. The maximum Gasteiger partial charge on any atom is 2.00 e. The molecule has 0 saturated carbocycles. The SMILES string of the molecule is CC(C)(C)c1cc(-c2ccccn2)[c-]c(N(c2[c-]c(-c3ccccn3)cc(C(C)(C)C)c2)c2ccc(N(c3[c-]c(-c4ccccn4)cc(C(C)(C)C)c3)c3[c-]c(-c4ccccn4)cc(C(C)(C)C)c3)cc2)c1.[Pt+2].[Pt+2]. The summed E-state index contributed by atoms with van der Waals surface area (Å²) in [5.41, 5.74) is 16.4. The van der Waals surface area contributed by atoms with Crippen molar-refractivity contribution in [3.05, 3.63) is 217 Å². The average Bonchev–Trinajstić information content (AvgIpc) is 3.37. The molecule has 378 valence electrons. The van der Waals surface area contributed by atoms with E-state index < -0.39 is 0 Å². The van der Waals surface area contributed by atoms with Gasteiger partial charge in [-0.05, 0) is 116 Å². The molecule has 0 bridgehead atoms. The van der Waals surface area contributed by atoms with E-state index in [9.17, 15) is 0 Å². The van der Waals surface area contributed by atoms with Gasteiger partial charge < -0.3 is 29.7 Å². The Bertz CT molecular complexity index is 2890. The van der Waals surface area contributed by atoms with Crippen molar-refractivity contribution in [2.45, 2.75) is 105 Å². The van der Waals surface area contributed by atoms with Crippen LogP contribution in [-0.4, -0.2) is 19.9 Å². The standard InChI is InChI=1S/C66H64N6.2Pt/c1-63(2,3)49-33-45(59-21-13-17-29-67-59)37-55(41-49)71(56-38-46(60-22-14-18-30-68-60)34-50(42-56)64(4,5)6)53-25-27-54(28-26-53)72(57-39-47(61-23-15-19-31-69-61)35-51(43-57)65(7,8)9)58-40-48(62-24-16-20-32-70-62)36-52(44-58)66(10,11)12;;/h13-36,41-44H,1-12H3;;/q-4;2*+2. The normalized spacial score (nSPS) is 11.8. The van der Waals surface area contributed by atoms with Crippen LogP contribution >= 0.6 is 0 Å². The molecule has 0 aliphatic rings. The first-order valence-electron chi connectivity index (χ1n) is 24.9. The maximum absolute atomic E-state index is 4.82. The van der Waals surface area contributed by atoms with Crippen LogP contribution < -0.4 is 9.80 Å². The summed E-state index contributed by atoms with van der Waals surface area (Å²) >= 11 is 0. The van der Waals surface area contributed by atoms with Gasteiger partial charge >= 0.3 is 42.1 Å². The van der Waals surface area contributed by atoms with Crippen LogP contribution in [0.1, 0.15) is 105 Å². The Hall–Kier alpha value is -6.32. The van der Waals surface area contributed by atoms with E-state index in [4.69, 9.17) is 19.9 Å². The molecular weight excluding hydrogens is 1270 g/mol. The van der Waals surface area contributed by atoms with Crippen LogP contribution in [0.15, 0.2) is 170 Å². The average molecular weight is 1330 g/mol. The molecule has 0 N–H and O–H groups in total.